The monoisotopic (exact) mass is 298 g/mol. The SMILES string of the molecule is CCn1cnnc1CNc1nc[nH]c(=O)c1Br. The molecule has 0 aromatic carbocycles. The van der Waals surface area contributed by atoms with Gasteiger partial charge in [0, 0.05) is 6.54 Å². The largest absolute Gasteiger partial charge is 0.362 e. The Balaban J connectivity index is 2.13. The summed E-state index contributed by atoms with van der Waals surface area (Å²) in [6.07, 6.45) is 3.01. The lowest BCUT2D eigenvalue weighted by Gasteiger charge is -2.06. The van der Waals surface area contributed by atoms with Crippen molar-refractivity contribution in [2.24, 2.45) is 0 Å². The smallest absolute Gasteiger partial charge is 0.267 e. The molecule has 0 aliphatic heterocycles. The number of nitrogens with one attached hydrogen (secondary N) is 2. The van der Waals surface area contributed by atoms with Crippen molar-refractivity contribution in [3.05, 3.63) is 33.3 Å². The van der Waals surface area contributed by atoms with E-state index in [9.17, 15) is 4.79 Å². The van der Waals surface area contributed by atoms with Gasteiger partial charge in [0.25, 0.3) is 5.56 Å². The molecule has 17 heavy (non-hydrogen) atoms. The molecule has 7 nitrogen and oxygen atoms in total. The molecular weight excluding hydrogens is 288 g/mol. The first-order valence-corrected chi connectivity index (χ1v) is 5.85. The molecule has 0 atom stereocenters. The molecule has 0 aliphatic rings. The number of rotatable bonds is 4. The lowest BCUT2D eigenvalue weighted by Crippen LogP contribution is -2.14. The Morgan fingerprint density at radius 3 is 3.18 bits per heavy atom. The van der Waals surface area contributed by atoms with E-state index in [1.54, 1.807) is 6.33 Å². The number of aromatic amines is 1. The third-order valence-corrected chi connectivity index (χ3v) is 2.98. The Morgan fingerprint density at radius 2 is 2.41 bits per heavy atom. The van der Waals surface area contributed by atoms with Crippen LogP contribution in [0.1, 0.15) is 12.7 Å². The minimum atomic E-state index is -0.223. The van der Waals surface area contributed by atoms with Crippen LogP contribution in [0.25, 0.3) is 0 Å². The maximum atomic E-state index is 11.3. The number of nitrogens with zero attached hydrogens (tertiary/aromatic N) is 4. The van der Waals surface area contributed by atoms with Gasteiger partial charge in [-0.25, -0.2) is 4.98 Å². The summed E-state index contributed by atoms with van der Waals surface area (Å²) in [7, 11) is 0. The van der Waals surface area contributed by atoms with Crippen LogP contribution in [0.4, 0.5) is 5.82 Å². The van der Waals surface area contributed by atoms with Crippen molar-refractivity contribution in [2.45, 2.75) is 20.0 Å². The maximum absolute atomic E-state index is 11.3. The standard InChI is InChI=1S/C9H11BrN6O/c1-2-16-5-14-15-6(16)3-11-8-7(10)9(17)13-4-12-8/h4-5H,2-3H2,1H3,(H2,11,12,13,17). The molecule has 90 valence electrons. The van der Waals surface area contributed by atoms with Gasteiger partial charge in [-0.3, -0.25) is 4.79 Å². The van der Waals surface area contributed by atoms with Gasteiger partial charge in [-0.2, -0.15) is 0 Å². The molecule has 0 amide bonds. The van der Waals surface area contributed by atoms with Crippen LogP contribution in [0.5, 0.6) is 0 Å². The topological polar surface area (TPSA) is 88.5 Å². The zero-order valence-electron chi connectivity index (χ0n) is 9.14. The number of aryl methyl sites for hydroxylation is 1. The Labute approximate surface area is 105 Å². The minimum Gasteiger partial charge on any atom is -0.362 e. The van der Waals surface area contributed by atoms with E-state index in [0.29, 0.717) is 16.8 Å². The molecule has 0 saturated carbocycles. The molecule has 2 N–H and O–H groups in total. The molecule has 0 radical (unpaired) electrons. The van der Waals surface area contributed by atoms with Crippen LogP contribution in [0, 0.1) is 0 Å². The molecule has 0 unspecified atom stereocenters. The van der Waals surface area contributed by atoms with E-state index in [1.807, 2.05) is 11.5 Å². The number of anilines is 1. The first-order valence-electron chi connectivity index (χ1n) is 5.06. The Morgan fingerprint density at radius 1 is 1.59 bits per heavy atom. The summed E-state index contributed by atoms with van der Waals surface area (Å²) in [5.41, 5.74) is -0.223. The van der Waals surface area contributed by atoms with E-state index in [4.69, 9.17) is 0 Å². The number of H-pyrrole nitrogens is 1. The second kappa shape index (κ2) is 5.09. The first kappa shape index (κ1) is 11.8. The van der Waals surface area contributed by atoms with Gasteiger partial charge >= 0.3 is 0 Å². The van der Waals surface area contributed by atoms with Crippen molar-refractivity contribution in [1.29, 1.82) is 0 Å². The Bertz CT molecular complexity index is 563. The normalized spacial score (nSPS) is 10.5. The fraction of sp³-hybridized carbons (Fsp3) is 0.333. The molecule has 2 rings (SSSR count). The second-order valence-electron chi connectivity index (χ2n) is 3.28. The Kier molecular flexibility index (Phi) is 3.52. The van der Waals surface area contributed by atoms with Crippen molar-refractivity contribution >= 4 is 21.7 Å². The highest BCUT2D eigenvalue weighted by atomic mass is 79.9. The van der Waals surface area contributed by atoms with Gasteiger partial charge in [0.2, 0.25) is 0 Å². The van der Waals surface area contributed by atoms with Gasteiger partial charge in [-0.15, -0.1) is 10.2 Å². The Hall–Kier alpha value is -1.70. The lowest BCUT2D eigenvalue weighted by atomic mass is 10.5. The molecule has 2 heterocycles. The predicted molar refractivity (Wildman–Crippen MR) is 65.6 cm³/mol. The molecule has 8 heteroatoms. The summed E-state index contributed by atoms with van der Waals surface area (Å²) >= 11 is 3.17. The zero-order chi connectivity index (χ0) is 12.3. The average Bonchev–Trinajstić information content (AvgIpc) is 2.78. The molecule has 0 aliphatic carbocycles. The van der Waals surface area contributed by atoms with E-state index in [1.165, 1.54) is 6.33 Å². The number of halogens is 1. The van der Waals surface area contributed by atoms with E-state index >= 15 is 0 Å². The van der Waals surface area contributed by atoms with Crippen LogP contribution in [-0.2, 0) is 13.1 Å². The summed E-state index contributed by atoms with van der Waals surface area (Å²) in [5.74, 6) is 1.28. The third kappa shape index (κ3) is 2.52. The van der Waals surface area contributed by atoms with Crippen molar-refractivity contribution in [3.8, 4) is 0 Å². The fourth-order valence-electron chi connectivity index (χ4n) is 1.35. The van der Waals surface area contributed by atoms with E-state index in [2.05, 4.69) is 41.4 Å². The summed E-state index contributed by atoms with van der Waals surface area (Å²) in [6, 6.07) is 0. The van der Waals surface area contributed by atoms with Gasteiger partial charge in [0.15, 0.2) is 5.82 Å². The summed E-state index contributed by atoms with van der Waals surface area (Å²) in [5, 5.41) is 10.8. The summed E-state index contributed by atoms with van der Waals surface area (Å²) in [4.78, 5) is 17.8. The summed E-state index contributed by atoms with van der Waals surface area (Å²) < 4.78 is 2.29. The molecule has 0 bridgehead atoms. The second-order valence-corrected chi connectivity index (χ2v) is 4.07. The van der Waals surface area contributed by atoms with Gasteiger partial charge in [-0.05, 0) is 22.9 Å². The predicted octanol–water partition coefficient (Wildman–Crippen LogP) is 0.756. The fourth-order valence-corrected chi connectivity index (χ4v) is 1.71. The lowest BCUT2D eigenvalue weighted by molar-refractivity contribution is 0.707. The molecule has 2 aromatic heterocycles. The van der Waals surface area contributed by atoms with E-state index in [-0.39, 0.29) is 5.56 Å². The van der Waals surface area contributed by atoms with Gasteiger partial charge < -0.3 is 14.9 Å². The number of hydrogen-bond acceptors (Lipinski definition) is 5. The molecule has 0 fully saturated rings. The van der Waals surface area contributed by atoms with Crippen molar-refractivity contribution in [2.75, 3.05) is 5.32 Å². The van der Waals surface area contributed by atoms with Gasteiger partial charge in [-0.1, -0.05) is 0 Å². The van der Waals surface area contributed by atoms with Gasteiger partial charge in [0.05, 0.1) is 12.9 Å². The van der Waals surface area contributed by atoms with Gasteiger partial charge in [0.1, 0.15) is 16.6 Å². The minimum absolute atomic E-state index is 0.223. The number of aromatic nitrogens is 5. The first-order chi connectivity index (χ1) is 8.22. The molecular formula is C9H11BrN6O. The zero-order valence-corrected chi connectivity index (χ0v) is 10.7. The van der Waals surface area contributed by atoms with Crippen molar-refractivity contribution in [1.82, 2.24) is 24.7 Å². The summed E-state index contributed by atoms with van der Waals surface area (Å²) in [6.45, 7) is 3.27. The van der Waals surface area contributed by atoms with Crippen LogP contribution in [0.15, 0.2) is 21.9 Å². The van der Waals surface area contributed by atoms with E-state index < -0.39 is 0 Å². The maximum Gasteiger partial charge on any atom is 0.267 e. The van der Waals surface area contributed by atoms with Crippen LogP contribution in [0.2, 0.25) is 0 Å². The van der Waals surface area contributed by atoms with Crippen molar-refractivity contribution in [3.63, 3.8) is 0 Å². The van der Waals surface area contributed by atoms with Crippen LogP contribution < -0.4 is 10.9 Å². The van der Waals surface area contributed by atoms with E-state index in [0.717, 1.165) is 12.4 Å². The average molecular weight is 299 g/mol. The van der Waals surface area contributed by atoms with Crippen LogP contribution in [-0.4, -0.2) is 24.7 Å². The molecule has 0 saturated heterocycles. The molecule has 0 spiro atoms. The van der Waals surface area contributed by atoms with Crippen molar-refractivity contribution < 1.29 is 0 Å². The highest BCUT2D eigenvalue weighted by molar-refractivity contribution is 9.10. The quantitative estimate of drug-likeness (QED) is 0.870. The third-order valence-electron chi connectivity index (χ3n) is 2.25. The van der Waals surface area contributed by atoms with Crippen LogP contribution >= 0.6 is 15.9 Å². The highest BCUT2D eigenvalue weighted by Crippen LogP contribution is 2.13. The van der Waals surface area contributed by atoms with Crippen LogP contribution in [0.3, 0.4) is 0 Å². The molecule has 2 aromatic rings. The highest BCUT2D eigenvalue weighted by Gasteiger charge is 2.07. The number of hydrogen-bond donors (Lipinski definition) is 2.